The first-order valence-corrected chi connectivity index (χ1v) is 6.74. The molecule has 2 aromatic rings. The van der Waals surface area contributed by atoms with Crippen molar-refractivity contribution >= 4 is 17.0 Å². The molecule has 1 aliphatic rings. The number of anilines is 1. The summed E-state index contributed by atoms with van der Waals surface area (Å²) in [5.41, 5.74) is 1.63. The summed E-state index contributed by atoms with van der Waals surface area (Å²) in [5, 5.41) is 0. The zero-order valence-corrected chi connectivity index (χ0v) is 11.3. The van der Waals surface area contributed by atoms with E-state index in [1.807, 2.05) is 0 Å². The number of aromatic amines is 1. The first-order chi connectivity index (χ1) is 9.24. The molecule has 1 unspecified atom stereocenters. The maximum absolute atomic E-state index is 5.90. The Bertz CT molecular complexity index is 553. The van der Waals surface area contributed by atoms with Gasteiger partial charge in [-0.1, -0.05) is 13.8 Å². The highest BCUT2D eigenvalue weighted by Crippen LogP contribution is 2.24. The third kappa shape index (κ3) is 2.53. The fraction of sp³-hybridized carbons (Fsp3) is 0.615. The van der Waals surface area contributed by atoms with Gasteiger partial charge in [0.2, 0.25) is 0 Å². The number of imidazole rings is 1. The summed E-state index contributed by atoms with van der Waals surface area (Å²) < 4.78 is 5.90. The Morgan fingerprint density at radius 1 is 1.42 bits per heavy atom. The van der Waals surface area contributed by atoms with Crippen molar-refractivity contribution in [2.45, 2.75) is 26.4 Å². The van der Waals surface area contributed by atoms with E-state index in [0.717, 1.165) is 43.1 Å². The summed E-state index contributed by atoms with van der Waals surface area (Å²) in [4.78, 5) is 18.0. The molecule has 1 aliphatic heterocycles. The Morgan fingerprint density at radius 3 is 3.16 bits per heavy atom. The molecule has 1 N–H and O–H groups in total. The third-order valence-electron chi connectivity index (χ3n) is 3.31. The zero-order chi connectivity index (χ0) is 13.2. The summed E-state index contributed by atoms with van der Waals surface area (Å²) >= 11 is 0. The van der Waals surface area contributed by atoms with Gasteiger partial charge < -0.3 is 14.6 Å². The highest BCUT2D eigenvalue weighted by Gasteiger charge is 2.26. The minimum absolute atomic E-state index is 0.301. The largest absolute Gasteiger partial charge is 0.376 e. The highest BCUT2D eigenvalue weighted by molar-refractivity contribution is 5.82. The summed E-state index contributed by atoms with van der Waals surface area (Å²) in [5.74, 6) is 1.51. The van der Waals surface area contributed by atoms with E-state index in [-0.39, 0.29) is 0 Å². The van der Waals surface area contributed by atoms with Crippen LogP contribution in [0.3, 0.4) is 0 Å². The van der Waals surface area contributed by atoms with Crippen LogP contribution in [0.15, 0.2) is 12.7 Å². The van der Waals surface area contributed by atoms with E-state index in [2.05, 4.69) is 38.7 Å². The number of nitrogens with zero attached hydrogens (tertiary/aromatic N) is 4. The Morgan fingerprint density at radius 2 is 2.32 bits per heavy atom. The predicted molar refractivity (Wildman–Crippen MR) is 73.1 cm³/mol. The van der Waals surface area contributed by atoms with E-state index in [1.54, 1.807) is 12.7 Å². The summed E-state index contributed by atoms with van der Waals surface area (Å²) in [6.45, 7) is 7.02. The monoisotopic (exact) mass is 261 g/mol. The number of H-pyrrole nitrogens is 1. The van der Waals surface area contributed by atoms with Gasteiger partial charge in [-0.05, 0) is 12.3 Å². The lowest BCUT2D eigenvalue weighted by molar-refractivity contribution is 0.0497. The van der Waals surface area contributed by atoms with Gasteiger partial charge in [0.05, 0.1) is 12.4 Å². The number of rotatable bonds is 4. The van der Waals surface area contributed by atoms with Crippen LogP contribution in [0.1, 0.15) is 20.3 Å². The summed E-state index contributed by atoms with van der Waals surface area (Å²) in [6.07, 6.45) is 4.58. The van der Waals surface area contributed by atoms with Gasteiger partial charge in [0.25, 0.3) is 0 Å². The normalized spacial score (nSPS) is 19.7. The fourth-order valence-corrected chi connectivity index (χ4v) is 2.38. The SMILES string of the molecule is CC(C)COC1CCN(c2ncnc3nc[nH]c23)C1. The number of aromatic nitrogens is 4. The maximum Gasteiger partial charge on any atom is 0.182 e. The second kappa shape index (κ2) is 5.13. The van der Waals surface area contributed by atoms with E-state index >= 15 is 0 Å². The molecule has 0 aromatic carbocycles. The Hall–Kier alpha value is -1.69. The van der Waals surface area contributed by atoms with E-state index in [9.17, 15) is 0 Å². The number of hydrogen-bond donors (Lipinski definition) is 1. The van der Waals surface area contributed by atoms with E-state index in [0.29, 0.717) is 12.0 Å². The van der Waals surface area contributed by atoms with E-state index in [4.69, 9.17) is 4.74 Å². The van der Waals surface area contributed by atoms with Gasteiger partial charge >= 0.3 is 0 Å². The van der Waals surface area contributed by atoms with Crippen molar-refractivity contribution < 1.29 is 4.74 Å². The van der Waals surface area contributed by atoms with Crippen molar-refractivity contribution in [1.82, 2.24) is 19.9 Å². The van der Waals surface area contributed by atoms with Crippen molar-refractivity contribution in [1.29, 1.82) is 0 Å². The molecule has 19 heavy (non-hydrogen) atoms. The molecular weight excluding hydrogens is 242 g/mol. The summed E-state index contributed by atoms with van der Waals surface area (Å²) in [6, 6.07) is 0. The van der Waals surface area contributed by atoms with Crippen molar-refractivity contribution in [3.63, 3.8) is 0 Å². The molecule has 6 nitrogen and oxygen atoms in total. The van der Waals surface area contributed by atoms with Crippen LogP contribution in [-0.4, -0.2) is 45.7 Å². The summed E-state index contributed by atoms with van der Waals surface area (Å²) in [7, 11) is 0. The third-order valence-corrected chi connectivity index (χ3v) is 3.31. The van der Waals surface area contributed by atoms with Gasteiger partial charge in [0.15, 0.2) is 11.5 Å². The van der Waals surface area contributed by atoms with Crippen LogP contribution in [0.2, 0.25) is 0 Å². The van der Waals surface area contributed by atoms with Crippen molar-refractivity contribution in [3.8, 4) is 0 Å². The van der Waals surface area contributed by atoms with E-state index in [1.165, 1.54) is 0 Å². The number of hydrogen-bond acceptors (Lipinski definition) is 5. The first kappa shape index (κ1) is 12.3. The van der Waals surface area contributed by atoms with Gasteiger partial charge in [-0.25, -0.2) is 15.0 Å². The molecule has 1 saturated heterocycles. The van der Waals surface area contributed by atoms with Gasteiger partial charge in [-0.3, -0.25) is 0 Å². The predicted octanol–water partition coefficient (Wildman–Crippen LogP) is 1.60. The van der Waals surface area contributed by atoms with Gasteiger partial charge in [0.1, 0.15) is 11.8 Å². The zero-order valence-electron chi connectivity index (χ0n) is 11.3. The quantitative estimate of drug-likeness (QED) is 0.905. The smallest absolute Gasteiger partial charge is 0.182 e. The molecule has 0 aliphatic carbocycles. The Labute approximate surface area is 112 Å². The maximum atomic E-state index is 5.90. The Balaban J connectivity index is 1.72. The van der Waals surface area contributed by atoms with Crippen LogP contribution >= 0.6 is 0 Å². The van der Waals surface area contributed by atoms with Crippen LogP contribution in [-0.2, 0) is 4.74 Å². The van der Waals surface area contributed by atoms with Crippen LogP contribution in [0.25, 0.3) is 11.2 Å². The second-order valence-corrected chi connectivity index (χ2v) is 5.38. The average Bonchev–Trinajstić information content (AvgIpc) is 3.04. The van der Waals surface area contributed by atoms with Crippen LogP contribution in [0, 0.1) is 5.92 Å². The molecule has 0 bridgehead atoms. The number of ether oxygens (including phenoxy) is 1. The van der Waals surface area contributed by atoms with Gasteiger partial charge in [0, 0.05) is 19.7 Å². The molecule has 3 heterocycles. The second-order valence-electron chi connectivity index (χ2n) is 5.38. The lowest BCUT2D eigenvalue weighted by Gasteiger charge is -2.18. The van der Waals surface area contributed by atoms with Crippen LogP contribution in [0.5, 0.6) is 0 Å². The minimum Gasteiger partial charge on any atom is -0.376 e. The molecule has 0 radical (unpaired) electrons. The number of fused-ring (bicyclic) bond motifs is 1. The first-order valence-electron chi connectivity index (χ1n) is 6.74. The molecular formula is C13H19N5O. The topological polar surface area (TPSA) is 66.9 Å². The van der Waals surface area contributed by atoms with Crippen molar-refractivity contribution in [3.05, 3.63) is 12.7 Å². The molecule has 6 heteroatoms. The van der Waals surface area contributed by atoms with Gasteiger partial charge in [-0.2, -0.15) is 0 Å². The standard InChI is InChI=1S/C13H19N5O/c1-9(2)6-19-10-3-4-18(5-10)13-11-12(15-7-14-11)16-8-17-13/h7-10H,3-6H2,1-2H3,(H,14,15,16,17). The van der Waals surface area contributed by atoms with Crippen molar-refractivity contribution in [2.75, 3.05) is 24.6 Å². The Kier molecular flexibility index (Phi) is 3.33. The molecule has 0 spiro atoms. The molecule has 1 fully saturated rings. The lowest BCUT2D eigenvalue weighted by Crippen LogP contribution is -2.25. The van der Waals surface area contributed by atoms with Crippen LogP contribution in [0.4, 0.5) is 5.82 Å². The van der Waals surface area contributed by atoms with Crippen molar-refractivity contribution in [2.24, 2.45) is 5.92 Å². The molecule has 0 saturated carbocycles. The van der Waals surface area contributed by atoms with Gasteiger partial charge in [-0.15, -0.1) is 0 Å². The molecule has 1 atom stereocenters. The highest BCUT2D eigenvalue weighted by atomic mass is 16.5. The molecule has 2 aromatic heterocycles. The molecule has 3 rings (SSSR count). The average molecular weight is 261 g/mol. The minimum atomic E-state index is 0.301. The molecule has 102 valence electrons. The molecule has 0 amide bonds. The number of nitrogens with one attached hydrogen (secondary N) is 1. The van der Waals surface area contributed by atoms with E-state index < -0.39 is 0 Å². The lowest BCUT2D eigenvalue weighted by atomic mass is 10.2. The van der Waals surface area contributed by atoms with Crippen LogP contribution < -0.4 is 4.90 Å². The fourth-order valence-electron chi connectivity index (χ4n) is 2.38.